The molecule has 0 radical (unpaired) electrons. The summed E-state index contributed by atoms with van der Waals surface area (Å²) >= 11 is 3.31. The standard InChI is InChI=1S/C26H23N3O3.C26H21N3O3.C18H14BrN3O3.C18H15N3O3/c2*30-21-11-6-19(7-12-21)16-25(32)29-26-23(15-8-18-4-2-1-3-5-18)28-24(17-27-26)20-9-13-22(31)14-10-20;19-17-18(22-16(25)9-11-1-5-13(23)6-2-11)20-10-15(21-17)12-3-7-14(24)8-4-12;22-14-5-1-12(2-6-14)9-18(24)21-17-11-19-16(10-20-17)13-3-7-15(23)8-4-13/h1-7,9-14,17,30-31H,8,15-16H2,(H,27,29,32);1-15,17,30-31H,16H2,(H,27,29,32);1-8,10,23-24H,9H2,(H,20,22,25);1-8,10-11,22-23H,9H2,(H,20,21,24)/b;15-8-;;. The molecule has 0 spiro atoms. The minimum Gasteiger partial charge on any atom is -0.508 e. The third-order valence-electron chi connectivity index (χ3n) is 16.6. The predicted octanol–water partition coefficient (Wildman–Crippen LogP) is 15.7. The van der Waals surface area contributed by atoms with Crippen LogP contribution in [0.5, 0.6) is 46.0 Å². The average Bonchev–Trinajstić information content (AvgIpc) is 0.833. The molecule has 0 saturated heterocycles. The zero-order valence-corrected chi connectivity index (χ0v) is 61.8. The second-order valence-electron chi connectivity index (χ2n) is 25.2. The maximum absolute atomic E-state index is 12.6. The van der Waals surface area contributed by atoms with Crippen molar-refractivity contribution >= 4 is 75.0 Å². The van der Waals surface area contributed by atoms with Gasteiger partial charge in [0.1, 0.15) is 56.3 Å². The van der Waals surface area contributed by atoms with Gasteiger partial charge in [0.05, 0.1) is 85.1 Å². The summed E-state index contributed by atoms with van der Waals surface area (Å²) in [6, 6.07) is 72.4. The molecule has 0 bridgehead atoms. The molecule has 4 heterocycles. The number of amides is 4. The molecule has 0 fully saturated rings. The van der Waals surface area contributed by atoms with Crippen LogP contribution in [0.15, 0.2) is 290 Å². The number of phenolic OH excluding ortho intramolecular Hbond substituents is 8. The maximum Gasteiger partial charge on any atom is 0.230 e. The molecule has 0 atom stereocenters. The van der Waals surface area contributed by atoms with Crippen molar-refractivity contribution in [3.63, 3.8) is 0 Å². The van der Waals surface area contributed by atoms with Crippen LogP contribution >= 0.6 is 15.9 Å². The van der Waals surface area contributed by atoms with Crippen LogP contribution in [0.3, 0.4) is 0 Å². The van der Waals surface area contributed by atoms with Gasteiger partial charge in [0.2, 0.25) is 23.6 Å². The van der Waals surface area contributed by atoms with Gasteiger partial charge in [0.25, 0.3) is 0 Å². The van der Waals surface area contributed by atoms with Crippen LogP contribution in [0.1, 0.15) is 44.8 Å². The molecule has 24 nitrogen and oxygen atoms in total. The Balaban J connectivity index is 0.000000150. The van der Waals surface area contributed by atoms with E-state index < -0.39 is 0 Å². The number of aromatic hydroxyl groups is 8. The van der Waals surface area contributed by atoms with E-state index in [9.17, 15) is 60.0 Å². The number of aryl methyl sites for hydroxylation is 2. The number of hydrogen-bond donors (Lipinski definition) is 12. The highest BCUT2D eigenvalue weighted by Crippen LogP contribution is 2.29. The Hall–Kier alpha value is -15.0. The lowest BCUT2D eigenvalue weighted by atomic mass is 10.1. The predicted molar refractivity (Wildman–Crippen MR) is 435 cm³/mol. The van der Waals surface area contributed by atoms with Crippen molar-refractivity contribution in [2.75, 3.05) is 21.3 Å². The molecule has 0 aliphatic rings. The number of aromatic nitrogens is 8. The number of hydrogen-bond acceptors (Lipinski definition) is 20. The van der Waals surface area contributed by atoms with Crippen molar-refractivity contribution in [2.24, 2.45) is 0 Å². The first-order valence-electron chi connectivity index (χ1n) is 35.1. The molecular weight excluding hydrogens is 1500 g/mol. The fraction of sp³-hybridized carbons (Fsp3) is 0.0682. The molecule has 14 rings (SSSR count). The number of nitrogens with one attached hydrogen (secondary N) is 4. The first-order chi connectivity index (χ1) is 54.7. The summed E-state index contributed by atoms with van der Waals surface area (Å²) in [5.74, 6) is 1.92. The van der Waals surface area contributed by atoms with Crippen molar-refractivity contribution in [1.82, 2.24) is 39.9 Å². The van der Waals surface area contributed by atoms with Crippen LogP contribution < -0.4 is 21.3 Å². The van der Waals surface area contributed by atoms with E-state index in [-0.39, 0.29) is 95.3 Å². The molecule has 25 heteroatoms. The van der Waals surface area contributed by atoms with Gasteiger partial charge in [-0.1, -0.05) is 115 Å². The van der Waals surface area contributed by atoms with Crippen LogP contribution in [-0.2, 0) is 57.7 Å². The van der Waals surface area contributed by atoms with E-state index in [1.54, 1.807) is 195 Å². The fourth-order valence-corrected chi connectivity index (χ4v) is 11.2. The first-order valence-corrected chi connectivity index (χ1v) is 35.9. The third kappa shape index (κ3) is 24.8. The lowest BCUT2D eigenvalue weighted by Crippen LogP contribution is -2.17. The zero-order chi connectivity index (χ0) is 79.4. The Morgan fingerprint density at radius 3 is 1.02 bits per heavy atom. The van der Waals surface area contributed by atoms with Crippen molar-refractivity contribution in [2.45, 2.75) is 38.5 Å². The summed E-state index contributed by atoms with van der Waals surface area (Å²) in [7, 11) is 0. The Morgan fingerprint density at radius 2 is 0.619 bits per heavy atom. The summed E-state index contributed by atoms with van der Waals surface area (Å²) in [6.07, 6.45) is 13.5. The molecule has 4 aromatic heterocycles. The lowest BCUT2D eigenvalue weighted by molar-refractivity contribution is -0.116. The SMILES string of the molecule is O=C(Cc1ccc(O)cc1)Nc1cnc(-c2ccc(O)cc2)cn1.O=C(Cc1ccc(O)cc1)Nc1ncc(-c2ccc(O)cc2)nc1/C=C\c1ccccc1.O=C(Cc1ccc(O)cc1)Nc1ncc(-c2ccc(O)cc2)nc1Br.O=C(Cc1ccc(O)cc1)Nc1ncc(-c2ccc(O)cc2)nc1CCc1ccccc1. The molecule has 12 N–H and O–H groups in total. The number of nitrogens with zero attached hydrogens (tertiary/aromatic N) is 8. The van der Waals surface area contributed by atoms with E-state index in [2.05, 4.69) is 84.2 Å². The van der Waals surface area contributed by atoms with Gasteiger partial charge in [-0.05, 0) is 214 Å². The van der Waals surface area contributed by atoms with Gasteiger partial charge in [-0.25, -0.2) is 34.9 Å². The Kier molecular flexibility index (Phi) is 27.4. The molecule has 0 aliphatic carbocycles. The van der Waals surface area contributed by atoms with Crippen molar-refractivity contribution in [3.8, 4) is 91.0 Å². The number of halogens is 1. The normalized spacial score (nSPS) is 10.6. The highest BCUT2D eigenvalue weighted by Gasteiger charge is 2.17. The number of anilines is 4. The minimum absolute atomic E-state index is 0.142. The summed E-state index contributed by atoms with van der Waals surface area (Å²) in [5, 5.41) is 86.1. The number of carbonyl (C=O) groups excluding carboxylic acids is 4. The maximum atomic E-state index is 12.6. The smallest absolute Gasteiger partial charge is 0.230 e. The molecule has 113 heavy (non-hydrogen) atoms. The van der Waals surface area contributed by atoms with E-state index in [0.717, 1.165) is 56.5 Å². The summed E-state index contributed by atoms with van der Waals surface area (Å²) in [6.45, 7) is 0. The van der Waals surface area contributed by atoms with Gasteiger partial charge < -0.3 is 62.1 Å². The molecule has 0 unspecified atom stereocenters. The van der Waals surface area contributed by atoms with Crippen LogP contribution in [0.4, 0.5) is 23.3 Å². The number of carbonyl (C=O) groups is 4. The monoisotopic (exact) mass is 1570 g/mol. The quantitative estimate of drug-likeness (QED) is 0.0318. The zero-order valence-electron chi connectivity index (χ0n) is 60.2. The average molecular weight is 1570 g/mol. The minimum atomic E-state index is -0.239. The number of phenols is 8. The second-order valence-corrected chi connectivity index (χ2v) is 26.0. The Bertz CT molecular complexity index is 5530. The van der Waals surface area contributed by atoms with Crippen LogP contribution in [0.2, 0.25) is 0 Å². The summed E-state index contributed by atoms with van der Waals surface area (Å²) < 4.78 is 0.414. The highest BCUT2D eigenvalue weighted by atomic mass is 79.9. The largest absolute Gasteiger partial charge is 0.508 e. The third-order valence-corrected chi connectivity index (χ3v) is 17.2. The van der Waals surface area contributed by atoms with E-state index in [1.807, 2.05) is 60.7 Å². The first kappa shape index (κ1) is 79.1. The number of rotatable bonds is 21. The lowest BCUT2D eigenvalue weighted by Gasteiger charge is -2.12. The topological polar surface area (TPSA) is 381 Å². The second kappa shape index (κ2) is 39.2. The van der Waals surface area contributed by atoms with Gasteiger partial charge in [0, 0.05) is 22.3 Å². The number of benzene rings is 10. The van der Waals surface area contributed by atoms with Gasteiger partial charge in [-0.15, -0.1) is 0 Å². The van der Waals surface area contributed by atoms with Gasteiger partial charge in [-0.3, -0.25) is 24.2 Å². The molecule has 14 aromatic rings. The molecule has 4 amide bonds. The fourth-order valence-electron chi connectivity index (χ4n) is 10.8. The summed E-state index contributed by atoms with van der Waals surface area (Å²) in [4.78, 5) is 84.7. The molecule has 0 aliphatic heterocycles. The Labute approximate surface area is 657 Å². The van der Waals surface area contributed by atoms with Crippen LogP contribution in [-0.4, -0.2) is 104 Å². The van der Waals surface area contributed by atoms with E-state index >= 15 is 0 Å². The van der Waals surface area contributed by atoms with Crippen molar-refractivity contribution in [1.29, 1.82) is 0 Å². The molecular formula is C88H73BrN12O12. The van der Waals surface area contributed by atoms with E-state index in [1.165, 1.54) is 36.0 Å². The van der Waals surface area contributed by atoms with Crippen molar-refractivity contribution < 1.29 is 60.0 Å². The van der Waals surface area contributed by atoms with Crippen molar-refractivity contribution in [3.05, 3.63) is 335 Å². The van der Waals surface area contributed by atoms with E-state index in [0.29, 0.717) is 68.5 Å². The highest BCUT2D eigenvalue weighted by molar-refractivity contribution is 9.10. The van der Waals surface area contributed by atoms with Gasteiger partial charge in [0.15, 0.2) is 23.3 Å². The molecule has 10 aromatic carbocycles. The molecule has 0 saturated carbocycles. The summed E-state index contributed by atoms with van der Waals surface area (Å²) in [5.41, 5.74) is 12.3. The van der Waals surface area contributed by atoms with Gasteiger partial charge in [-0.2, -0.15) is 0 Å². The van der Waals surface area contributed by atoms with Crippen LogP contribution in [0.25, 0.3) is 57.2 Å². The van der Waals surface area contributed by atoms with Gasteiger partial charge >= 0.3 is 0 Å². The van der Waals surface area contributed by atoms with Crippen LogP contribution in [0, 0.1) is 0 Å². The van der Waals surface area contributed by atoms with E-state index in [4.69, 9.17) is 4.98 Å². The Morgan fingerprint density at radius 1 is 0.292 bits per heavy atom. The molecule has 564 valence electrons.